The van der Waals surface area contributed by atoms with Crippen molar-refractivity contribution in [1.29, 1.82) is 0 Å². The van der Waals surface area contributed by atoms with Crippen molar-refractivity contribution in [1.82, 2.24) is 15.6 Å². The molecule has 0 bridgehead atoms. The minimum Gasteiger partial charge on any atom is -0.454 e. The van der Waals surface area contributed by atoms with Crippen molar-refractivity contribution in [3.05, 3.63) is 66.2 Å². The molecule has 1 atom stereocenters. The number of hydrazine groups is 1. The van der Waals surface area contributed by atoms with Crippen LogP contribution in [-0.2, 0) is 24.3 Å². The van der Waals surface area contributed by atoms with Crippen molar-refractivity contribution < 1.29 is 27.5 Å². The van der Waals surface area contributed by atoms with Gasteiger partial charge in [-0.1, -0.05) is 50.2 Å². The lowest BCUT2D eigenvalue weighted by Gasteiger charge is -2.20. The minimum absolute atomic E-state index is 0.00446. The summed E-state index contributed by atoms with van der Waals surface area (Å²) in [7, 11) is -3.95. The molecule has 3 N–H and O–H groups in total. The summed E-state index contributed by atoms with van der Waals surface area (Å²) in [4.78, 5) is 36.1. The first-order valence-corrected chi connectivity index (χ1v) is 10.6. The predicted octanol–water partition coefficient (Wildman–Crippen LogP) is 0.994. The lowest BCUT2D eigenvalue weighted by molar-refractivity contribution is -0.151. The van der Waals surface area contributed by atoms with Crippen LogP contribution in [0.5, 0.6) is 0 Å². The average molecular weight is 433 g/mol. The van der Waals surface area contributed by atoms with Gasteiger partial charge < -0.3 is 4.74 Å². The van der Waals surface area contributed by atoms with Crippen LogP contribution in [0.25, 0.3) is 0 Å². The van der Waals surface area contributed by atoms with Crippen LogP contribution in [0, 0.1) is 5.92 Å². The second-order valence-electron chi connectivity index (χ2n) is 6.63. The highest BCUT2D eigenvalue weighted by atomic mass is 32.2. The number of ether oxygens (including phenoxy) is 1. The zero-order valence-electron chi connectivity index (χ0n) is 16.5. The van der Waals surface area contributed by atoms with Gasteiger partial charge >= 0.3 is 5.97 Å². The zero-order chi connectivity index (χ0) is 22.1. The first-order valence-electron chi connectivity index (χ1n) is 9.09. The van der Waals surface area contributed by atoms with E-state index in [1.807, 2.05) is 0 Å². The van der Waals surface area contributed by atoms with E-state index in [9.17, 15) is 22.8 Å². The van der Waals surface area contributed by atoms with Crippen LogP contribution in [-0.4, -0.2) is 38.9 Å². The van der Waals surface area contributed by atoms with E-state index in [1.54, 1.807) is 62.4 Å². The van der Waals surface area contributed by atoms with Gasteiger partial charge in [-0.3, -0.25) is 25.2 Å². The molecule has 2 rings (SSSR count). The van der Waals surface area contributed by atoms with Crippen molar-refractivity contribution >= 4 is 27.8 Å². The number of rotatable bonds is 8. The van der Waals surface area contributed by atoms with E-state index < -0.39 is 46.4 Å². The molecule has 0 saturated heterocycles. The number of sulfonamides is 1. The summed E-state index contributed by atoms with van der Waals surface area (Å²) < 4.78 is 32.1. The summed E-state index contributed by atoms with van der Waals surface area (Å²) in [5.74, 6) is -2.65. The molecule has 0 radical (unpaired) electrons. The third kappa shape index (κ3) is 6.68. The molecule has 0 saturated carbocycles. The Morgan fingerprint density at radius 2 is 1.47 bits per heavy atom. The second-order valence-corrected chi connectivity index (χ2v) is 8.35. The molecular formula is C20H23N3O6S. The monoisotopic (exact) mass is 433 g/mol. The highest BCUT2D eigenvalue weighted by Gasteiger charge is 2.30. The van der Waals surface area contributed by atoms with Gasteiger partial charge in [-0.15, -0.1) is 0 Å². The SMILES string of the molecule is CC(C)C(NS(=O)(=O)c1ccccc1)C(=O)OCC(=O)NNC(=O)c1ccccc1. The maximum Gasteiger partial charge on any atom is 0.324 e. The maximum absolute atomic E-state index is 12.5. The van der Waals surface area contributed by atoms with Gasteiger partial charge in [0.2, 0.25) is 10.0 Å². The highest BCUT2D eigenvalue weighted by Crippen LogP contribution is 2.12. The number of esters is 1. The summed E-state index contributed by atoms with van der Waals surface area (Å²) >= 11 is 0. The zero-order valence-corrected chi connectivity index (χ0v) is 17.3. The number of hydrogen-bond acceptors (Lipinski definition) is 6. The fourth-order valence-electron chi connectivity index (χ4n) is 2.34. The van der Waals surface area contributed by atoms with Gasteiger partial charge in [0.05, 0.1) is 4.90 Å². The van der Waals surface area contributed by atoms with Gasteiger partial charge in [-0.25, -0.2) is 8.42 Å². The van der Waals surface area contributed by atoms with Gasteiger partial charge in [-0.2, -0.15) is 4.72 Å². The topological polar surface area (TPSA) is 131 Å². The van der Waals surface area contributed by atoms with Gasteiger partial charge in [0.15, 0.2) is 6.61 Å². The van der Waals surface area contributed by atoms with Crippen molar-refractivity contribution in [2.45, 2.75) is 24.8 Å². The number of carbonyl (C=O) groups excluding carboxylic acids is 3. The van der Waals surface area contributed by atoms with Gasteiger partial charge in [0.25, 0.3) is 11.8 Å². The standard InChI is InChI=1S/C20H23N3O6S/c1-14(2)18(23-30(27,28)16-11-7-4-8-12-16)20(26)29-13-17(24)21-22-19(25)15-9-5-3-6-10-15/h3-12,14,18,23H,13H2,1-2H3,(H,21,24)(H,22,25). The van der Waals surface area contributed by atoms with Crippen molar-refractivity contribution in [2.24, 2.45) is 5.92 Å². The molecule has 1 unspecified atom stereocenters. The Bertz CT molecular complexity index is 978. The predicted molar refractivity (Wildman–Crippen MR) is 108 cm³/mol. The number of nitrogens with one attached hydrogen (secondary N) is 3. The van der Waals surface area contributed by atoms with Crippen LogP contribution >= 0.6 is 0 Å². The molecule has 30 heavy (non-hydrogen) atoms. The normalized spacial score (nSPS) is 12.1. The van der Waals surface area contributed by atoms with Crippen molar-refractivity contribution in [3.8, 4) is 0 Å². The fraction of sp³-hybridized carbons (Fsp3) is 0.250. The van der Waals surface area contributed by atoms with E-state index >= 15 is 0 Å². The van der Waals surface area contributed by atoms with E-state index in [1.165, 1.54) is 12.1 Å². The Morgan fingerprint density at radius 3 is 2.03 bits per heavy atom. The van der Waals surface area contributed by atoms with E-state index in [4.69, 9.17) is 4.74 Å². The Balaban J connectivity index is 1.89. The third-order valence-electron chi connectivity index (χ3n) is 3.95. The highest BCUT2D eigenvalue weighted by molar-refractivity contribution is 7.89. The number of hydrogen-bond donors (Lipinski definition) is 3. The first kappa shape index (κ1) is 23.0. The van der Waals surface area contributed by atoms with Crippen LogP contribution in [0.1, 0.15) is 24.2 Å². The summed E-state index contributed by atoms with van der Waals surface area (Å²) in [6.45, 7) is 2.59. The smallest absolute Gasteiger partial charge is 0.324 e. The Kier molecular flexibility index (Phi) is 8.07. The van der Waals surface area contributed by atoms with Gasteiger partial charge in [-0.05, 0) is 30.2 Å². The van der Waals surface area contributed by atoms with Crippen molar-refractivity contribution in [2.75, 3.05) is 6.61 Å². The van der Waals surface area contributed by atoms with Crippen LogP contribution in [0.2, 0.25) is 0 Å². The fourth-order valence-corrected chi connectivity index (χ4v) is 3.70. The van der Waals surface area contributed by atoms with Gasteiger partial charge in [0.1, 0.15) is 6.04 Å². The van der Waals surface area contributed by atoms with E-state index in [0.717, 1.165) is 0 Å². The molecule has 2 amide bonds. The molecule has 9 nitrogen and oxygen atoms in total. The molecule has 2 aromatic carbocycles. The van der Waals surface area contributed by atoms with Gasteiger partial charge in [0, 0.05) is 5.56 Å². The average Bonchev–Trinajstić information content (AvgIpc) is 2.75. The van der Waals surface area contributed by atoms with E-state index in [0.29, 0.717) is 5.56 Å². The number of amides is 2. The molecule has 0 aliphatic rings. The second kappa shape index (κ2) is 10.5. The van der Waals surface area contributed by atoms with Crippen molar-refractivity contribution in [3.63, 3.8) is 0 Å². The summed E-state index contributed by atoms with van der Waals surface area (Å²) in [6, 6.07) is 14.6. The van der Waals surface area contributed by atoms with E-state index in [-0.39, 0.29) is 4.90 Å². The van der Waals surface area contributed by atoms with Crippen LogP contribution in [0.4, 0.5) is 0 Å². The number of carbonyl (C=O) groups is 3. The molecule has 10 heteroatoms. The molecular weight excluding hydrogens is 410 g/mol. The maximum atomic E-state index is 12.5. The Morgan fingerprint density at radius 1 is 0.900 bits per heavy atom. The summed E-state index contributed by atoms with van der Waals surface area (Å²) in [5.41, 5.74) is 4.66. The quantitative estimate of drug-likeness (QED) is 0.420. The molecule has 2 aromatic rings. The minimum atomic E-state index is -3.95. The molecule has 0 aliphatic heterocycles. The molecule has 160 valence electrons. The molecule has 0 aromatic heterocycles. The first-order chi connectivity index (χ1) is 14.2. The molecule has 0 spiro atoms. The Labute approximate surface area is 174 Å². The Hall–Kier alpha value is -3.24. The lowest BCUT2D eigenvalue weighted by Crippen LogP contribution is -2.47. The lowest BCUT2D eigenvalue weighted by atomic mass is 10.1. The molecule has 0 fully saturated rings. The van der Waals surface area contributed by atoms with Crippen LogP contribution < -0.4 is 15.6 Å². The third-order valence-corrected chi connectivity index (χ3v) is 5.41. The molecule has 0 aliphatic carbocycles. The largest absolute Gasteiger partial charge is 0.454 e. The van der Waals surface area contributed by atoms with Crippen LogP contribution in [0.15, 0.2) is 65.6 Å². The molecule has 0 heterocycles. The summed E-state index contributed by atoms with van der Waals surface area (Å²) in [6.07, 6.45) is 0. The summed E-state index contributed by atoms with van der Waals surface area (Å²) in [5, 5.41) is 0. The number of benzene rings is 2. The van der Waals surface area contributed by atoms with Crippen LogP contribution in [0.3, 0.4) is 0 Å². The van der Waals surface area contributed by atoms with E-state index in [2.05, 4.69) is 15.6 Å².